The van der Waals surface area contributed by atoms with Gasteiger partial charge >= 0.3 is 0 Å². The molecule has 6 nitrogen and oxygen atoms in total. The van der Waals surface area contributed by atoms with Gasteiger partial charge in [-0.2, -0.15) is 0 Å². The van der Waals surface area contributed by atoms with E-state index in [2.05, 4.69) is 14.9 Å². The highest BCUT2D eigenvalue weighted by molar-refractivity contribution is 7.93. The van der Waals surface area contributed by atoms with E-state index in [1.165, 1.54) is 19.3 Å². The highest BCUT2D eigenvalue weighted by Gasteiger charge is 2.34. The lowest BCUT2D eigenvalue weighted by Gasteiger charge is -2.28. The molecular formula is C23H29N3O3S. The fourth-order valence-electron chi connectivity index (χ4n) is 4.06. The summed E-state index contributed by atoms with van der Waals surface area (Å²) in [5.74, 6) is -0.681. The van der Waals surface area contributed by atoms with E-state index in [9.17, 15) is 13.2 Å². The van der Waals surface area contributed by atoms with Crippen LogP contribution in [0.25, 0.3) is 0 Å². The van der Waals surface area contributed by atoms with E-state index in [0.717, 1.165) is 37.2 Å². The van der Waals surface area contributed by atoms with E-state index in [-0.39, 0.29) is 6.04 Å². The van der Waals surface area contributed by atoms with Crippen LogP contribution in [0.4, 0.5) is 11.4 Å². The van der Waals surface area contributed by atoms with Crippen molar-refractivity contribution in [3.63, 3.8) is 0 Å². The Labute approximate surface area is 178 Å². The largest absolute Gasteiger partial charge is 0.372 e. The van der Waals surface area contributed by atoms with Crippen LogP contribution in [-0.2, 0) is 14.8 Å². The van der Waals surface area contributed by atoms with Crippen molar-refractivity contribution in [2.75, 3.05) is 28.5 Å². The summed E-state index contributed by atoms with van der Waals surface area (Å²) in [5, 5.41) is 2.92. The summed E-state index contributed by atoms with van der Waals surface area (Å²) in [4.78, 5) is 14.8. The molecule has 0 aromatic heterocycles. The fraction of sp³-hybridized carbons (Fsp3) is 0.435. The molecule has 30 heavy (non-hydrogen) atoms. The van der Waals surface area contributed by atoms with E-state index in [1.807, 2.05) is 42.5 Å². The van der Waals surface area contributed by atoms with E-state index < -0.39 is 21.7 Å². The Kier molecular flexibility index (Phi) is 6.27. The van der Waals surface area contributed by atoms with Crippen LogP contribution >= 0.6 is 0 Å². The highest BCUT2D eigenvalue weighted by atomic mass is 32.2. The monoisotopic (exact) mass is 427 g/mol. The molecule has 1 aliphatic heterocycles. The van der Waals surface area contributed by atoms with Crippen molar-refractivity contribution in [2.24, 2.45) is 5.92 Å². The summed E-state index contributed by atoms with van der Waals surface area (Å²) in [6.45, 7) is 2.07. The number of amides is 1. The number of nitrogens with zero attached hydrogens (tertiary/aromatic N) is 1. The minimum absolute atomic E-state index is 0.127. The topological polar surface area (TPSA) is 78.5 Å². The van der Waals surface area contributed by atoms with Crippen molar-refractivity contribution >= 4 is 27.3 Å². The summed E-state index contributed by atoms with van der Waals surface area (Å²) in [7, 11) is -3.78. The van der Waals surface area contributed by atoms with Gasteiger partial charge in [-0.3, -0.25) is 9.52 Å². The molecule has 4 rings (SSSR count). The van der Waals surface area contributed by atoms with Gasteiger partial charge in [0, 0.05) is 24.5 Å². The van der Waals surface area contributed by atoms with Crippen LogP contribution in [0.3, 0.4) is 0 Å². The second-order valence-corrected chi connectivity index (χ2v) is 9.97. The first-order chi connectivity index (χ1) is 14.5. The van der Waals surface area contributed by atoms with Gasteiger partial charge in [0.1, 0.15) is 5.75 Å². The van der Waals surface area contributed by atoms with Crippen LogP contribution in [0.5, 0.6) is 0 Å². The Morgan fingerprint density at radius 3 is 2.27 bits per heavy atom. The fourth-order valence-corrected chi connectivity index (χ4v) is 5.05. The Morgan fingerprint density at radius 1 is 0.967 bits per heavy atom. The van der Waals surface area contributed by atoms with Crippen molar-refractivity contribution in [1.29, 1.82) is 0 Å². The smallest absolute Gasteiger partial charge is 0.241 e. The number of hydrogen-bond acceptors (Lipinski definition) is 4. The zero-order valence-corrected chi connectivity index (χ0v) is 17.9. The summed E-state index contributed by atoms with van der Waals surface area (Å²) in [5.41, 5.74) is 2.60. The Balaban J connectivity index is 1.35. The van der Waals surface area contributed by atoms with Gasteiger partial charge in [0.25, 0.3) is 0 Å². The maximum Gasteiger partial charge on any atom is 0.241 e. The number of carbonyl (C=O) groups is 1. The normalized spacial score (nSPS) is 17.9. The Morgan fingerprint density at radius 2 is 1.63 bits per heavy atom. The molecule has 1 aliphatic carbocycles. The molecular weight excluding hydrogens is 398 g/mol. The first-order valence-corrected chi connectivity index (χ1v) is 12.4. The number of piperidine rings is 1. The van der Waals surface area contributed by atoms with E-state index in [4.69, 9.17) is 0 Å². The van der Waals surface area contributed by atoms with Gasteiger partial charge in [0.2, 0.25) is 15.9 Å². The van der Waals surface area contributed by atoms with Gasteiger partial charge in [-0.25, -0.2) is 8.42 Å². The molecule has 0 radical (unpaired) electrons. The van der Waals surface area contributed by atoms with Crippen LogP contribution in [0.2, 0.25) is 0 Å². The van der Waals surface area contributed by atoms with Crippen LogP contribution < -0.4 is 14.9 Å². The average Bonchev–Trinajstić information content (AvgIpc) is 3.58. The molecule has 2 aliphatic rings. The zero-order chi connectivity index (χ0) is 21.0. The molecule has 1 unspecified atom stereocenters. The van der Waals surface area contributed by atoms with Crippen molar-refractivity contribution in [1.82, 2.24) is 5.32 Å². The molecule has 0 bridgehead atoms. The first-order valence-electron chi connectivity index (χ1n) is 10.7. The molecule has 160 valence electrons. The molecule has 2 fully saturated rings. The first kappa shape index (κ1) is 20.7. The van der Waals surface area contributed by atoms with E-state index >= 15 is 0 Å². The lowest BCUT2D eigenvalue weighted by molar-refractivity contribution is -0.119. The van der Waals surface area contributed by atoms with Crippen molar-refractivity contribution < 1.29 is 13.2 Å². The molecule has 2 aromatic carbocycles. The maximum atomic E-state index is 12.5. The standard InChI is InChI=1S/C23H29N3O3S/c27-22(24-23(19-9-10-19)18-7-3-1-4-8-18)17-30(28,29)25-20-11-13-21(14-12-20)26-15-5-2-6-16-26/h1,3-4,7-8,11-14,19,23,25H,2,5-6,9-10,15-17H2,(H,24,27). The number of rotatable bonds is 8. The van der Waals surface area contributed by atoms with Crippen LogP contribution in [0.1, 0.15) is 43.7 Å². The molecule has 0 spiro atoms. The lowest BCUT2D eigenvalue weighted by atomic mass is 10.0. The third-order valence-corrected chi connectivity index (χ3v) is 6.94. The maximum absolute atomic E-state index is 12.5. The van der Waals surface area contributed by atoms with Gasteiger partial charge in [0.05, 0.1) is 6.04 Å². The Hall–Kier alpha value is -2.54. The molecule has 1 atom stereocenters. The highest BCUT2D eigenvalue weighted by Crippen LogP contribution is 2.40. The summed E-state index contributed by atoms with van der Waals surface area (Å²) >= 11 is 0. The summed E-state index contributed by atoms with van der Waals surface area (Å²) in [6.07, 6.45) is 5.74. The number of carbonyl (C=O) groups excluding carboxylic acids is 1. The van der Waals surface area contributed by atoms with Gasteiger partial charge < -0.3 is 10.2 Å². The minimum Gasteiger partial charge on any atom is -0.372 e. The third-order valence-electron chi connectivity index (χ3n) is 5.75. The number of anilines is 2. The molecule has 2 N–H and O–H groups in total. The second-order valence-electron chi connectivity index (χ2n) is 8.25. The predicted octanol–water partition coefficient (Wildman–Crippen LogP) is 3.69. The number of sulfonamides is 1. The molecule has 7 heteroatoms. The molecule has 1 saturated heterocycles. The average molecular weight is 428 g/mol. The Bertz CT molecular complexity index is 951. The van der Waals surface area contributed by atoms with E-state index in [0.29, 0.717) is 11.6 Å². The van der Waals surface area contributed by atoms with E-state index in [1.54, 1.807) is 12.1 Å². The number of benzene rings is 2. The summed E-state index contributed by atoms with van der Waals surface area (Å²) in [6, 6.07) is 17.0. The lowest BCUT2D eigenvalue weighted by Crippen LogP contribution is -2.36. The predicted molar refractivity (Wildman–Crippen MR) is 120 cm³/mol. The molecule has 1 saturated carbocycles. The zero-order valence-electron chi connectivity index (χ0n) is 17.1. The van der Waals surface area contributed by atoms with Gasteiger partial charge in [0.15, 0.2) is 0 Å². The van der Waals surface area contributed by atoms with Crippen LogP contribution in [0, 0.1) is 5.92 Å². The van der Waals surface area contributed by atoms with Crippen molar-refractivity contribution in [3.05, 3.63) is 60.2 Å². The van der Waals surface area contributed by atoms with Gasteiger partial charge in [-0.05, 0) is 67.9 Å². The summed E-state index contributed by atoms with van der Waals surface area (Å²) < 4.78 is 27.6. The number of nitrogens with one attached hydrogen (secondary N) is 2. The van der Waals surface area contributed by atoms with Crippen LogP contribution in [-0.4, -0.2) is 33.2 Å². The van der Waals surface area contributed by atoms with Crippen LogP contribution in [0.15, 0.2) is 54.6 Å². The molecule has 2 aromatic rings. The second kappa shape index (κ2) is 9.08. The minimum atomic E-state index is -3.78. The molecule has 1 heterocycles. The van der Waals surface area contributed by atoms with Gasteiger partial charge in [-0.1, -0.05) is 30.3 Å². The SMILES string of the molecule is O=C(CS(=O)(=O)Nc1ccc(N2CCCCC2)cc1)NC(c1ccccc1)C1CC1. The quantitative estimate of drug-likeness (QED) is 0.674. The van der Waals surface area contributed by atoms with Crippen molar-refractivity contribution in [3.8, 4) is 0 Å². The van der Waals surface area contributed by atoms with Crippen molar-refractivity contribution in [2.45, 2.75) is 38.1 Å². The van der Waals surface area contributed by atoms with Gasteiger partial charge in [-0.15, -0.1) is 0 Å². The number of hydrogen-bond donors (Lipinski definition) is 2. The molecule has 1 amide bonds. The third kappa shape index (κ3) is 5.53.